The summed E-state index contributed by atoms with van der Waals surface area (Å²) in [7, 11) is 1.89. The van der Waals surface area contributed by atoms with Gasteiger partial charge in [-0.2, -0.15) is 5.10 Å². The number of fused-ring (bicyclic) bond motifs is 1. The molecule has 0 aliphatic carbocycles. The van der Waals surface area contributed by atoms with E-state index in [1.54, 1.807) is 22.6 Å². The molecule has 126 valence electrons. The lowest BCUT2D eigenvalue weighted by Gasteiger charge is -2.11. The summed E-state index contributed by atoms with van der Waals surface area (Å²) >= 11 is 1.60. The highest BCUT2D eigenvalue weighted by Crippen LogP contribution is 2.29. The Morgan fingerprint density at radius 3 is 2.80 bits per heavy atom. The average Bonchev–Trinajstić information content (AvgIpc) is 3.05. The summed E-state index contributed by atoms with van der Waals surface area (Å²) in [4.78, 5) is 5.56. The number of hydrogen-bond donors (Lipinski definition) is 1. The van der Waals surface area contributed by atoms with Crippen molar-refractivity contribution in [2.24, 2.45) is 7.05 Å². The fourth-order valence-electron chi connectivity index (χ4n) is 2.48. The molecule has 25 heavy (non-hydrogen) atoms. The zero-order valence-electron chi connectivity index (χ0n) is 14.4. The van der Waals surface area contributed by atoms with Crippen molar-refractivity contribution in [3.8, 4) is 0 Å². The van der Waals surface area contributed by atoms with E-state index in [-0.39, 0.29) is 0 Å². The van der Waals surface area contributed by atoms with Crippen LogP contribution >= 0.6 is 11.8 Å². The first-order valence-electron chi connectivity index (χ1n) is 7.89. The molecule has 1 N–H and O–H groups in total. The first-order valence-corrected chi connectivity index (χ1v) is 8.77. The molecule has 0 atom stereocenters. The molecule has 0 bridgehead atoms. The van der Waals surface area contributed by atoms with Crippen LogP contribution in [0.5, 0.6) is 0 Å². The zero-order valence-corrected chi connectivity index (χ0v) is 15.2. The average molecular weight is 348 g/mol. The SMILES string of the molecule is C=C(S/C=C\C)c1cnc2cc(NC(=C)c3ccnn3C)ccc2c1. The van der Waals surface area contributed by atoms with Crippen LogP contribution in [0.25, 0.3) is 21.5 Å². The monoisotopic (exact) mass is 348 g/mol. The lowest BCUT2D eigenvalue weighted by Crippen LogP contribution is -2.03. The number of thioether (sulfide) groups is 1. The van der Waals surface area contributed by atoms with E-state index in [4.69, 9.17) is 0 Å². The number of hydrogen-bond acceptors (Lipinski definition) is 4. The maximum Gasteiger partial charge on any atom is 0.0835 e. The third kappa shape index (κ3) is 3.83. The molecule has 2 heterocycles. The van der Waals surface area contributed by atoms with Gasteiger partial charge in [0.2, 0.25) is 0 Å². The van der Waals surface area contributed by atoms with E-state index in [9.17, 15) is 0 Å². The smallest absolute Gasteiger partial charge is 0.0835 e. The van der Waals surface area contributed by atoms with Gasteiger partial charge in [-0.1, -0.05) is 37.1 Å². The number of pyridine rings is 1. The highest BCUT2D eigenvalue weighted by atomic mass is 32.2. The topological polar surface area (TPSA) is 42.7 Å². The van der Waals surface area contributed by atoms with E-state index in [1.807, 2.05) is 49.9 Å². The summed E-state index contributed by atoms with van der Waals surface area (Å²) in [5.74, 6) is 0. The normalized spacial score (nSPS) is 11.1. The Kier molecular flexibility index (Phi) is 5.05. The van der Waals surface area contributed by atoms with Crippen LogP contribution in [-0.2, 0) is 7.05 Å². The lowest BCUT2D eigenvalue weighted by atomic mass is 10.1. The second-order valence-corrected chi connectivity index (χ2v) is 6.59. The highest BCUT2D eigenvalue weighted by Gasteiger charge is 2.06. The van der Waals surface area contributed by atoms with Crippen LogP contribution in [0.15, 0.2) is 67.4 Å². The summed E-state index contributed by atoms with van der Waals surface area (Å²) in [6, 6.07) is 10.1. The van der Waals surface area contributed by atoms with Crippen LogP contribution in [-0.4, -0.2) is 14.8 Å². The van der Waals surface area contributed by atoms with Crippen LogP contribution < -0.4 is 5.32 Å². The van der Waals surface area contributed by atoms with Gasteiger partial charge in [0, 0.05) is 41.0 Å². The quantitative estimate of drug-likeness (QED) is 0.657. The summed E-state index contributed by atoms with van der Waals surface area (Å²) in [5.41, 5.74) is 4.65. The molecule has 5 heteroatoms. The van der Waals surface area contributed by atoms with Gasteiger partial charge < -0.3 is 5.32 Å². The van der Waals surface area contributed by atoms with Gasteiger partial charge in [0.15, 0.2) is 0 Å². The Balaban J connectivity index is 1.82. The third-order valence-corrected chi connectivity index (χ3v) is 4.71. The summed E-state index contributed by atoms with van der Waals surface area (Å²) in [6.45, 7) is 10.2. The van der Waals surface area contributed by atoms with Crippen LogP contribution in [0, 0.1) is 0 Å². The summed E-state index contributed by atoms with van der Waals surface area (Å²) in [6.07, 6.45) is 5.61. The molecule has 0 aliphatic rings. The Hall–Kier alpha value is -2.79. The van der Waals surface area contributed by atoms with E-state index in [1.165, 1.54) is 0 Å². The van der Waals surface area contributed by atoms with Crippen molar-refractivity contribution in [2.75, 3.05) is 5.32 Å². The minimum atomic E-state index is 0.798. The first kappa shape index (κ1) is 17.0. The van der Waals surface area contributed by atoms with Gasteiger partial charge in [0.05, 0.1) is 16.9 Å². The molecule has 0 saturated carbocycles. The van der Waals surface area contributed by atoms with Crippen molar-refractivity contribution in [3.63, 3.8) is 0 Å². The first-order chi connectivity index (χ1) is 12.1. The number of allylic oxidation sites excluding steroid dienone is 1. The number of nitrogens with one attached hydrogen (secondary N) is 1. The maximum atomic E-state index is 4.57. The molecule has 3 aromatic rings. The number of aromatic nitrogens is 3. The van der Waals surface area contributed by atoms with Gasteiger partial charge >= 0.3 is 0 Å². The van der Waals surface area contributed by atoms with Gasteiger partial charge in [-0.3, -0.25) is 9.67 Å². The van der Waals surface area contributed by atoms with Gasteiger partial charge in [0.25, 0.3) is 0 Å². The standard InChI is InChI=1S/C20H20N4S/c1-5-10-25-15(3)17-11-16-6-7-18(12-19(16)21-13-17)23-14(2)20-8-9-22-24(20)4/h5-13,23H,2-3H2,1,4H3/b10-5-. The van der Waals surface area contributed by atoms with Gasteiger partial charge in [-0.25, -0.2) is 0 Å². The van der Waals surface area contributed by atoms with Crippen LogP contribution in [0.2, 0.25) is 0 Å². The fourth-order valence-corrected chi connectivity index (χ4v) is 3.03. The number of rotatable bonds is 6. The molecule has 4 nitrogen and oxygen atoms in total. The Morgan fingerprint density at radius 2 is 2.08 bits per heavy atom. The Bertz CT molecular complexity index is 969. The van der Waals surface area contributed by atoms with Crippen LogP contribution in [0.3, 0.4) is 0 Å². The highest BCUT2D eigenvalue weighted by molar-refractivity contribution is 8.10. The van der Waals surface area contributed by atoms with Crippen LogP contribution in [0.4, 0.5) is 5.69 Å². The second kappa shape index (κ2) is 7.40. The second-order valence-electron chi connectivity index (χ2n) is 5.59. The molecular weight excluding hydrogens is 328 g/mol. The molecule has 0 unspecified atom stereocenters. The predicted molar refractivity (Wildman–Crippen MR) is 109 cm³/mol. The van der Waals surface area contributed by atoms with Gasteiger partial charge in [-0.05, 0) is 36.6 Å². The van der Waals surface area contributed by atoms with E-state index >= 15 is 0 Å². The molecule has 0 amide bonds. The molecule has 0 saturated heterocycles. The molecular formula is C20H20N4S. The molecule has 0 radical (unpaired) electrons. The van der Waals surface area contributed by atoms with E-state index in [2.05, 4.69) is 40.7 Å². The van der Waals surface area contributed by atoms with E-state index in [0.29, 0.717) is 0 Å². The summed E-state index contributed by atoms with van der Waals surface area (Å²) < 4.78 is 1.79. The molecule has 3 rings (SSSR count). The Morgan fingerprint density at radius 1 is 1.24 bits per heavy atom. The number of aryl methyl sites for hydroxylation is 1. The summed E-state index contributed by atoms with van der Waals surface area (Å²) in [5, 5.41) is 10.6. The molecule has 2 aromatic heterocycles. The van der Waals surface area contributed by atoms with Crippen molar-refractivity contribution in [1.29, 1.82) is 0 Å². The van der Waals surface area contributed by atoms with E-state index < -0.39 is 0 Å². The molecule has 0 aliphatic heterocycles. The third-order valence-electron chi connectivity index (χ3n) is 3.78. The van der Waals surface area contributed by atoms with Gasteiger partial charge in [-0.15, -0.1) is 0 Å². The maximum absolute atomic E-state index is 4.57. The number of benzene rings is 1. The van der Waals surface area contributed by atoms with Crippen molar-refractivity contribution in [3.05, 3.63) is 78.6 Å². The minimum Gasteiger partial charge on any atom is -0.354 e. The largest absolute Gasteiger partial charge is 0.354 e. The minimum absolute atomic E-state index is 0.798. The fraction of sp³-hybridized carbons (Fsp3) is 0.100. The van der Waals surface area contributed by atoms with Gasteiger partial charge in [0.1, 0.15) is 0 Å². The van der Waals surface area contributed by atoms with E-state index in [0.717, 1.165) is 38.4 Å². The molecule has 0 spiro atoms. The van der Waals surface area contributed by atoms with Crippen molar-refractivity contribution < 1.29 is 0 Å². The predicted octanol–water partition coefficient (Wildman–Crippen LogP) is 5.29. The Labute approximate surface area is 152 Å². The zero-order chi connectivity index (χ0) is 17.8. The molecule has 1 aromatic carbocycles. The number of nitrogens with zero attached hydrogens (tertiary/aromatic N) is 3. The van der Waals surface area contributed by atoms with Crippen molar-refractivity contribution in [1.82, 2.24) is 14.8 Å². The van der Waals surface area contributed by atoms with Crippen molar-refractivity contribution in [2.45, 2.75) is 6.92 Å². The molecule has 0 fully saturated rings. The lowest BCUT2D eigenvalue weighted by molar-refractivity contribution is 0.756. The van der Waals surface area contributed by atoms with Crippen molar-refractivity contribution >= 4 is 39.0 Å². The number of anilines is 1. The van der Waals surface area contributed by atoms with Crippen LogP contribution in [0.1, 0.15) is 18.2 Å².